The lowest BCUT2D eigenvalue weighted by Gasteiger charge is -2.21. The molecule has 2 aromatic heterocycles. The summed E-state index contributed by atoms with van der Waals surface area (Å²) in [5, 5.41) is 7.47. The molecule has 6 nitrogen and oxygen atoms in total. The topological polar surface area (TPSA) is 64.9 Å². The lowest BCUT2D eigenvalue weighted by molar-refractivity contribution is 0.396. The second-order valence-corrected chi connectivity index (χ2v) is 4.08. The number of methoxy groups -OCH3 is 1. The molecule has 0 aliphatic rings. The minimum atomic E-state index is 0.150. The van der Waals surface area contributed by atoms with Crippen molar-refractivity contribution >= 4 is 5.95 Å². The van der Waals surface area contributed by atoms with Gasteiger partial charge in [-0.25, -0.2) is 4.98 Å². The quantitative estimate of drug-likeness (QED) is 0.871. The lowest BCUT2D eigenvalue weighted by atomic mass is 10.2. The Hall–Kier alpha value is -2.11. The van der Waals surface area contributed by atoms with E-state index in [0.717, 1.165) is 0 Å². The molecule has 0 bridgehead atoms. The highest BCUT2D eigenvalue weighted by Gasteiger charge is 2.15. The Morgan fingerprint density at radius 3 is 2.83 bits per heavy atom. The van der Waals surface area contributed by atoms with Gasteiger partial charge in [-0.1, -0.05) is 0 Å². The zero-order valence-corrected chi connectivity index (χ0v) is 10.7. The molecule has 18 heavy (non-hydrogen) atoms. The van der Waals surface area contributed by atoms with E-state index in [1.807, 2.05) is 16.9 Å². The molecule has 0 unspecified atom stereocenters. The van der Waals surface area contributed by atoms with Crippen LogP contribution < -0.4 is 10.1 Å². The SMILES string of the molecule is COc1ccnc(N[C@@H](C)[C@H](C)n2cccn2)n1. The molecule has 0 aliphatic carbocycles. The Morgan fingerprint density at radius 1 is 1.33 bits per heavy atom. The largest absolute Gasteiger partial charge is 0.481 e. The Bertz CT molecular complexity index is 485. The molecule has 1 N–H and O–H groups in total. The van der Waals surface area contributed by atoms with E-state index in [-0.39, 0.29) is 12.1 Å². The molecule has 2 heterocycles. The van der Waals surface area contributed by atoms with E-state index < -0.39 is 0 Å². The Kier molecular flexibility index (Phi) is 3.76. The Balaban J connectivity index is 2.04. The highest BCUT2D eigenvalue weighted by molar-refractivity contribution is 5.28. The fourth-order valence-electron chi connectivity index (χ4n) is 1.60. The van der Waals surface area contributed by atoms with Gasteiger partial charge in [-0.3, -0.25) is 4.68 Å². The third kappa shape index (κ3) is 2.77. The van der Waals surface area contributed by atoms with E-state index in [9.17, 15) is 0 Å². The van der Waals surface area contributed by atoms with Crippen LogP contribution in [-0.4, -0.2) is 32.9 Å². The van der Waals surface area contributed by atoms with Crippen molar-refractivity contribution in [3.63, 3.8) is 0 Å². The van der Waals surface area contributed by atoms with Crippen LogP contribution in [0.25, 0.3) is 0 Å². The zero-order chi connectivity index (χ0) is 13.0. The van der Waals surface area contributed by atoms with Gasteiger partial charge < -0.3 is 10.1 Å². The van der Waals surface area contributed by atoms with Gasteiger partial charge >= 0.3 is 0 Å². The van der Waals surface area contributed by atoms with Crippen molar-refractivity contribution in [1.82, 2.24) is 19.7 Å². The van der Waals surface area contributed by atoms with Crippen LogP contribution in [0.4, 0.5) is 5.95 Å². The summed E-state index contributed by atoms with van der Waals surface area (Å²) in [6.07, 6.45) is 5.38. The van der Waals surface area contributed by atoms with E-state index in [1.54, 1.807) is 25.6 Å². The zero-order valence-electron chi connectivity index (χ0n) is 10.7. The number of hydrogen-bond acceptors (Lipinski definition) is 5. The predicted octanol–water partition coefficient (Wildman–Crippen LogP) is 1.74. The fourth-order valence-corrected chi connectivity index (χ4v) is 1.60. The van der Waals surface area contributed by atoms with Crippen LogP contribution in [-0.2, 0) is 0 Å². The lowest BCUT2D eigenvalue weighted by Crippen LogP contribution is -2.27. The highest BCUT2D eigenvalue weighted by Crippen LogP contribution is 2.14. The van der Waals surface area contributed by atoms with Crippen molar-refractivity contribution < 1.29 is 4.74 Å². The van der Waals surface area contributed by atoms with Crippen LogP contribution in [0.15, 0.2) is 30.7 Å². The Labute approximate surface area is 106 Å². The molecular weight excluding hydrogens is 230 g/mol. The summed E-state index contributed by atoms with van der Waals surface area (Å²) >= 11 is 0. The molecular formula is C12H17N5O. The molecule has 96 valence electrons. The summed E-state index contributed by atoms with van der Waals surface area (Å²) in [6.45, 7) is 4.15. The summed E-state index contributed by atoms with van der Waals surface area (Å²) in [6, 6.07) is 3.98. The standard InChI is InChI=1S/C12H17N5O/c1-9(10(2)17-8-4-6-14-17)15-12-13-7-5-11(16-12)18-3/h4-10H,1-3H3,(H,13,15,16)/t9-,10-/m0/s1. The third-order valence-corrected chi connectivity index (χ3v) is 2.86. The molecule has 0 saturated carbocycles. The molecule has 0 aliphatic heterocycles. The number of aromatic nitrogens is 4. The molecule has 0 aromatic carbocycles. The predicted molar refractivity (Wildman–Crippen MR) is 68.6 cm³/mol. The smallest absolute Gasteiger partial charge is 0.226 e. The molecule has 2 aromatic rings. The molecule has 2 rings (SSSR count). The van der Waals surface area contributed by atoms with Gasteiger partial charge in [-0.2, -0.15) is 10.1 Å². The maximum atomic E-state index is 5.06. The minimum absolute atomic E-state index is 0.150. The van der Waals surface area contributed by atoms with Gasteiger partial charge in [0.05, 0.1) is 13.2 Å². The summed E-state index contributed by atoms with van der Waals surface area (Å²) < 4.78 is 6.96. The number of nitrogens with zero attached hydrogens (tertiary/aromatic N) is 4. The molecule has 0 spiro atoms. The number of anilines is 1. The molecule has 2 atom stereocenters. The molecule has 6 heteroatoms. The first kappa shape index (κ1) is 12.3. The van der Waals surface area contributed by atoms with Gasteiger partial charge in [0.25, 0.3) is 0 Å². The minimum Gasteiger partial charge on any atom is -0.481 e. The first-order chi connectivity index (χ1) is 8.70. The average molecular weight is 247 g/mol. The van der Waals surface area contributed by atoms with Crippen LogP contribution in [0.1, 0.15) is 19.9 Å². The van der Waals surface area contributed by atoms with Crippen LogP contribution >= 0.6 is 0 Å². The second kappa shape index (κ2) is 5.48. The van der Waals surface area contributed by atoms with Crippen molar-refractivity contribution in [3.05, 3.63) is 30.7 Å². The number of nitrogens with one attached hydrogen (secondary N) is 1. The van der Waals surface area contributed by atoms with Crippen molar-refractivity contribution in [3.8, 4) is 5.88 Å². The maximum absolute atomic E-state index is 5.06. The van der Waals surface area contributed by atoms with Gasteiger partial charge in [0.15, 0.2) is 0 Å². The molecule has 0 radical (unpaired) electrons. The Morgan fingerprint density at radius 2 is 2.17 bits per heavy atom. The average Bonchev–Trinajstić information content (AvgIpc) is 2.92. The molecule has 0 amide bonds. The van der Waals surface area contributed by atoms with E-state index in [0.29, 0.717) is 11.8 Å². The van der Waals surface area contributed by atoms with E-state index in [2.05, 4.69) is 34.2 Å². The van der Waals surface area contributed by atoms with Crippen molar-refractivity contribution in [1.29, 1.82) is 0 Å². The van der Waals surface area contributed by atoms with Crippen LogP contribution in [0.3, 0.4) is 0 Å². The van der Waals surface area contributed by atoms with Gasteiger partial charge in [0, 0.05) is 30.7 Å². The van der Waals surface area contributed by atoms with Crippen molar-refractivity contribution in [2.75, 3.05) is 12.4 Å². The van der Waals surface area contributed by atoms with Crippen LogP contribution in [0.2, 0.25) is 0 Å². The number of rotatable bonds is 5. The van der Waals surface area contributed by atoms with Gasteiger partial charge in [0.1, 0.15) is 0 Å². The normalized spacial score (nSPS) is 13.9. The highest BCUT2D eigenvalue weighted by atomic mass is 16.5. The first-order valence-electron chi connectivity index (χ1n) is 5.83. The van der Waals surface area contributed by atoms with Gasteiger partial charge in [-0.15, -0.1) is 0 Å². The third-order valence-electron chi connectivity index (χ3n) is 2.86. The van der Waals surface area contributed by atoms with Crippen LogP contribution in [0.5, 0.6) is 5.88 Å². The summed E-state index contributed by atoms with van der Waals surface area (Å²) in [7, 11) is 1.59. The summed E-state index contributed by atoms with van der Waals surface area (Å²) in [4.78, 5) is 8.38. The van der Waals surface area contributed by atoms with E-state index in [4.69, 9.17) is 4.74 Å². The molecule has 0 saturated heterocycles. The summed E-state index contributed by atoms with van der Waals surface area (Å²) in [5.41, 5.74) is 0. The summed E-state index contributed by atoms with van der Waals surface area (Å²) in [5.74, 6) is 1.10. The van der Waals surface area contributed by atoms with Crippen molar-refractivity contribution in [2.45, 2.75) is 25.9 Å². The fraction of sp³-hybridized carbons (Fsp3) is 0.417. The maximum Gasteiger partial charge on any atom is 0.226 e. The monoisotopic (exact) mass is 247 g/mol. The van der Waals surface area contributed by atoms with E-state index in [1.165, 1.54) is 0 Å². The van der Waals surface area contributed by atoms with Crippen LogP contribution in [0, 0.1) is 0 Å². The molecule has 0 fully saturated rings. The number of hydrogen-bond donors (Lipinski definition) is 1. The second-order valence-electron chi connectivity index (χ2n) is 4.08. The number of ether oxygens (including phenoxy) is 1. The van der Waals surface area contributed by atoms with E-state index >= 15 is 0 Å². The first-order valence-corrected chi connectivity index (χ1v) is 5.83. The van der Waals surface area contributed by atoms with Gasteiger partial charge in [0.2, 0.25) is 11.8 Å². The van der Waals surface area contributed by atoms with Gasteiger partial charge in [-0.05, 0) is 19.9 Å². The van der Waals surface area contributed by atoms with Crippen molar-refractivity contribution in [2.24, 2.45) is 0 Å².